The van der Waals surface area contributed by atoms with Gasteiger partial charge in [-0.2, -0.15) is 5.10 Å². The topological polar surface area (TPSA) is 63.0 Å². The first-order chi connectivity index (χ1) is 9.22. The Hall–Kier alpha value is -2.56. The molecule has 1 aromatic carbocycles. The standard InChI is InChI=1S/C14H14N4O/c1-18-7-5-11(17-18)9-16-14-13-8-12(19)3-2-10(13)4-6-15-14/h2-8,19H,9H2,1H3,(H,15,16). The number of benzene rings is 1. The molecule has 2 aromatic heterocycles. The fraction of sp³-hybridized carbons (Fsp3) is 0.143. The van der Waals surface area contributed by atoms with E-state index >= 15 is 0 Å². The lowest BCUT2D eigenvalue weighted by molar-refractivity contribution is 0.476. The highest BCUT2D eigenvalue weighted by Gasteiger charge is 2.04. The summed E-state index contributed by atoms with van der Waals surface area (Å²) in [7, 11) is 1.89. The van der Waals surface area contributed by atoms with Gasteiger partial charge in [-0.1, -0.05) is 6.07 Å². The number of nitrogens with zero attached hydrogens (tertiary/aromatic N) is 3. The van der Waals surface area contributed by atoms with Crippen LogP contribution in [0.15, 0.2) is 42.7 Å². The number of hydrogen-bond donors (Lipinski definition) is 2. The van der Waals surface area contributed by atoms with Crippen LogP contribution in [0.3, 0.4) is 0 Å². The average Bonchev–Trinajstić information content (AvgIpc) is 2.82. The molecular weight excluding hydrogens is 240 g/mol. The smallest absolute Gasteiger partial charge is 0.134 e. The highest BCUT2D eigenvalue weighted by Crippen LogP contribution is 2.25. The number of phenols is 1. The minimum absolute atomic E-state index is 0.237. The molecule has 19 heavy (non-hydrogen) atoms. The summed E-state index contributed by atoms with van der Waals surface area (Å²) in [6, 6.07) is 9.13. The van der Waals surface area contributed by atoms with Crippen molar-refractivity contribution < 1.29 is 5.11 Å². The first-order valence-corrected chi connectivity index (χ1v) is 6.02. The number of phenolic OH excluding ortho intramolecular Hbond substituents is 1. The molecule has 2 heterocycles. The predicted octanol–water partition coefficient (Wildman–Crippen LogP) is 2.29. The first kappa shape index (κ1) is 11.5. The Balaban J connectivity index is 1.90. The molecule has 0 aliphatic carbocycles. The van der Waals surface area contributed by atoms with Crippen molar-refractivity contribution in [2.45, 2.75) is 6.54 Å². The Morgan fingerprint density at radius 2 is 2.16 bits per heavy atom. The quantitative estimate of drug-likeness (QED) is 0.752. The summed E-state index contributed by atoms with van der Waals surface area (Å²) in [6.07, 6.45) is 3.65. The van der Waals surface area contributed by atoms with Crippen LogP contribution >= 0.6 is 0 Å². The Morgan fingerprint density at radius 1 is 1.26 bits per heavy atom. The van der Waals surface area contributed by atoms with Gasteiger partial charge in [-0.25, -0.2) is 4.98 Å². The van der Waals surface area contributed by atoms with E-state index in [-0.39, 0.29) is 5.75 Å². The van der Waals surface area contributed by atoms with E-state index in [4.69, 9.17) is 0 Å². The third-order valence-electron chi connectivity index (χ3n) is 2.96. The number of nitrogens with one attached hydrogen (secondary N) is 1. The van der Waals surface area contributed by atoms with E-state index in [1.807, 2.05) is 31.4 Å². The molecule has 0 atom stereocenters. The predicted molar refractivity (Wildman–Crippen MR) is 73.9 cm³/mol. The molecule has 0 amide bonds. The molecule has 0 radical (unpaired) electrons. The van der Waals surface area contributed by atoms with Gasteiger partial charge in [0.15, 0.2) is 0 Å². The zero-order chi connectivity index (χ0) is 13.2. The summed E-state index contributed by atoms with van der Waals surface area (Å²) >= 11 is 0. The lowest BCUT2D eigenvalue weighted by Crippen LogP contribution is -2.03. The van der Waals surface area contributed by atoms with Crippen LogP contribution < -0.4 is 5.32 Å². The number of anilines is 1. The molecule has 0 spiro atoms. The molecule has 2 N–H and O–H groups in total. The number of hydrogen-bond acceptors (Lipinski definition) is 4. The van der Waals surface area contributed by atoms with Crippen molar-refractivity contribution >= 4 is 16.6 Å². The van der Waals surface area contributed by atoms with Crippen LogP contribution in [0, 0.1) is 0 Å². The van der Waals surface area contributed by atoms with Crippen LogP contribution in [0.5, 0.6) is 5.75 Å². The normalized spacial score (nSPS) is 10.8. The lowest BCUT2D eigenvalue weighted by atomic mass is 10.1. The van der Waals surface area contributed by atoms with E-state index in [2.05, 4.69) is 15.4 Å². The van der Waals surface area contributed by atoms with Crippen LogP contribution in [0.2, 0.25) is 0 Å². The van der Waals surface area contributed by atoms with Crippen LogP contribution in [0.25, 0.3) is 10.8 Å². The zero-order valence-corrected chi connectivity index (χ0v) is 10.5. The molecule has 0 saturated carbocycles. The van der Waals surface area contributed by atoms with Gasteiger partial charge in [0.25, 0.3) is 0 Å². The Labute approximate surface area is 110 Å². The molecule has 0 aliphatic heterocycles. The summed E-state index contributed by atoms with van der Waals surface area (Å²) in [5.74, 6) is 0.987. The molecule has 96 valence electrons. The fourth-order valence-electron chi connectivity index (χ4n) is 2.03. The molecular formula is C14H14N4O. The summed E-state index contributed by atoms with van der Waals surface area (Å²) in [5.41, 5.74) is 0.946. The maximum Gasteiger partial charge on any atom is 0.134 e. The van der Waals surface area contributed by atoms with Gasteiger partial charge in [-0.05, 0) is 29.7 Å². The largest absolute Gasteiger partial charge is 0.508 e. The Kier molecular flexibility index (Phi) is 2.79. The molecule has 0 aliphatic rings. The third-order valence-corrected chi connectivity index (χ3v) is 2.96. The number of aryl methyl sites for hydroxylation is 1. The van der Waals surface area contributed by atoms with E-state index in [0.29, 0.717) is 6.54 Å². The van der Waals surface area contributed by atoms with Crippen LogP contribution in [0.4, 0.5) is 5.82 Å². The number of pyridine rings is 1. The minimum atomic E-state index is 0.237. The molecule has 0 bridgehead atoms. The second-order valence-electron chi connectivity index (χ2n) is 4.40. The number of aromatic hydroxyl groups is 1. The van der Waals surface area contributed by atoms with Crippen molar-refractivity contribution in [3.63, 3.8) is 0 Å². The molecule has 5 heteroatoms. The van der Waals surface area contributed by atoms with Crippen molar-refractivity contribution in [1.82, 2.24) is 14.8 Å². The Morgan fingerprint density at radius 3 is 2.95 bits per heavy atom. The Bertz CT molecular complexity index is 720. The summed E-state index contributed by atoms with van der Waals surface area (Å²) in [4.78, 5) is 4.31. The van der Waals surface area contributed by atoms with Crippen molar-refractivity contribution in [3.8, 4) is 5.75 Å². The van der Waals surface area contributed by atoms with E-state index < -0.39 is 0 Å². The molecule has 5 nitrogen and oxygen atoms in total. The number of fused-ring (bicyclic) bond motifs is 1. The van der Waals surface area contributed by atoms with Crippen LogP contribution in [-0.2, 0) is 13.6 Å². The number of aromatic nitrogens is 3. The zero-order valence-electron chi connectivity index (χ0n) is 10.5. The fourth-order valence-corrected chi connectivity index (χ4v) is 2.03. The first-order valence-electron chi connectivity index (χ1n) is 6.02. The summed E-state index contributed by atoms with van der Waals surface area (Å²) in [5, 5.41) is 19.1. The second kappa shape index (κ2) is 4.61. The van der Waals surface area contributed by atoms with E-state index in [9.17, 15) is 5.11 Å². The van der Waals surface area contributed by atoms with E-state index in [1.54, 1.807) is 23.0 Å². The summed E-state index contributed by atoms with van der Waals surface area (Å²) < 4.78 is 1.76. The molecule has 0 unspecified atom stereocenters. The van der Waals surface area contributed by atoms with Gasteiger partial charge in [0.05, 0.1) is 12.2 Å². The maximum atomic E-state index is 9.57. The molecule has 3 rings (SSSR count). The molecule has 0 fully saturated rings. The van der Waals surface area contributed by atoms with Gasteiger partial charge < -0.3 is 10.4 Å². The van der Waals surface area contributed by atoms with Gasteiger partial charge >= 0.3 is 0 Å². The van der Waals surface area contributed by atoms with E-state index in [0.717, 1.165) is 22.3 Å². The number of rotatable bonds is 3. The average molecular weight is 254 g/mol. The van der Waals surface area contributed by atoms with Gasteiger partial charge in [0, 0.05) is 24.8 Å². The van der Waals surface area contributed by atoms with Crippen molar-refractivity contribution in [3.05, 3.63) is 48.4 Å². The monoisotopic (exact) mass is 254 g/mol. The van der Waals surface area contributed by atoms with Gasteiger partial charge in [-0.15, -0.1) is 0 Å². The van der Waals surface area contributed by atoms with Crippen molar-refractivity contribution in [1.29, 1.82) is 0 Å². The van der Waals surface area contributed by atoms with Gasteiger partial charge in [0.2, 0.25) is 0 Å². The maximum absolute atomic E-state index is 9.57. The highest BCUT2D eigenvalue weighted by atomic mass is 16.3. The van der Waals surface area contributed by atoms with Crippen LogP contribution in [-0.4, -0.2) is 19.9 Å². The van der Waals surface area contributed by atoms with Crippen molar-refractivity contribution in [2.24, 2.45) is 7.05 Å². The lowest BCUT2D eigenvalue weighted by Gasteiger charge is -2.07. The minimum Gasteiger partial charge on any atom is -0.508 e. The summed E-state index contributed by atoms with van der Waals surface area (Å²) in [6.45, 7) is 0.600. The van der Waals surface area contributed by atoms with Crippen LogP contribution in [0.1, 0.15) is 5.69 Å². The van der Waals surface area contributed by atoms with E-state index in [1.165, 1.54) is 0 Å². The van der Waals surface area contributed by atoms with Gasteiger partial charge in [0.1, 0.15) is 11.6 Å². The van der Waals surface area contributed by atoms with Crippen molar-refractivity contribution in [2.75, 3.05) is 5.32 Å². The third kappa shape index (κ3) is 2.35. The highest BCUT2D eigenvalue weighted by molar-refractivity contribution is 5.92. The SMILES string of the molecule is Cn1ccc(CNc2nccc3ccc(O)cc23)n1. The van der Waals surface area contributed by atoms with Gasteiger partial charge in [-0.3, -0.25) is 4.68 Å². The molecule has 3 aromatic rings. The second-order valence-corrected chi connectivity index (χ2v) is 4.40. The molecule has 0 saturated heterocycles.